The molecule has 0 N–H and O–H groups in total. The van der Waals surface area contributed by atoms with Crippen LogP contribution in [0.2, 0.25) is 0 Å². The Morgan fingerprint density at radius 2 is 0.944 bits per heavy atom. The second-order valence-electron chi connectivity index (χ2n) is 14.9. The SMILES string of the molecule is CC1(C)c2ccccc2-c2ccc(N(c3ccc(-c4ccccc4)cc3)c3cccc4oc5cc6c(cc5c34)oc3cccc(-c4ccccc4)c36)cc21. The topological polar surface area (TPSA) is 29.5 Å². The van der Waals surface area contributed by atoms with Crippen LogP contribution in [0.4, 0.5) is 17.1 Å². The number of hydrogen-bond donors (Lipinski definition) is 0. The number of benzene rings is 8. The van der Waals surface area contributed by atoms with Crippen molar-refractivity contribution in [3.05, 3.63) is 187 Å². The van der Waals surface area contributed by atoms with Gasteiger partial charge in [0.05, 0.1) is 11.1 Å². The Hall–Kier alpha value is -6.84. The summed E-state index contributed by atoms with van der Waals surface area (Å²) in [6, 6.07) is 62.8. The van der Waals surface area contributed by atoms with Gasteiger partial charge in [-0.1, -0.05) is 135 Å². The normalized spacial score (nSPS) is 13.1. The van der Waals surface area contributed by atoms with Gasteiger partial charge >= 0.3 is 0 Å². The van der Waals surface area contributed by atoms with Crippen LogP contribution in [0.1, 0.15) is 25.0 Å². The third kappa shape index (κ3) is 4.55. The molecule has 256 valence electrons. The lowest BCUT2D eigenvalue weighted by molar-refractivity contribution is 0.660. The molecule has 0 bridgehead atoms. The van der Waals surface area contributed by atoms with E-state index in [-0.39, 0.29) is 5.41 Å². The minimum atomic E-state index is -0.134. The molecular weight excluding hydrogens is 659 g/mol. The molecule has 0 saturated carbocycles. The van der Waals surface area contributed by atoms with Crippen molar-refractivity contribution in [2.75, 3.05) is 4.90 Å². The van der Waals surface area contributed by atoms with E-state index in [4.69, 9.17) is 8.83 Å². The zero-order chi connectivity index (χ0) is 36.0. The molecule has 3 heteroatoms. The summed E-state index contributed by atoms with van der Waals surface area (Å²) in [4.78, 5) is 2.39. The van der Waals surface area contributed by atoms with Crippen LogP contribution in [-0.2, 0) is 5.41 Å². The Labute approximate surface area is 313 Å². The molecule has 8 aromatic carbocycles. The molecular formula is C51H35NO2. The van der Waals surface area contributed by atoms with Crippen LogP contribution in [-0.4, -0.2) is 0 Å². The number of nitrogens with zero attached hydrogens (tertiary/aromatic N) is 1. The maximum Gasteiger partial charge on any atom is 0.137 e. The van der Waals surface area contributed by atoms with Crippen molar-refractivity contribution >= 4 is 60.9 Å². The number of hydrogen-bond acceptors (Lipinski definition) is 3. The summed E-state index contributed by atoms with van der Waals surface area (Å²) in [7, 11) is 0. The van der Waals surface area contributed by atoms with Crippen molar-refractivity contribution in [3.63, 3.8) is 0 Å². The first kappa shape index (κ1) is 30.8. The van der Waals surface area contributed by atoms with Gasteiger partial charge in [0.1, 0.15) is 22.3 Å². The van der Waals surface area contributed by atoms with Crippen LogP contribution >= 0.6 is 0 Å². The Kier molecular flexibility index (Phi) is 6.60. The van der Waals surface area contributed by atoms with Gasteiger partial charge in [-0.3, -0.25) is 0 Å². The van der Waals surface area contributed by atoms with Crippen molar-refractivity contribution < 1.29 is 8.83 Å². The van der Waals surface area contributed by atoms with E-state index in [1.54, 1.807) is 0 Å². The van der Waals surface area contributed by atoms with Crippen molar-refractivity contribution in [2.45, 2.75) is 19.3 Å². The Bertz CT molecular complexity index is 3060. The Morgan fingerprint density at radius 3 is 1.69 bits per heavy atom. The fourth-order valence-corrected chi connectivity index (χ4v) is 8.86. The molecule has 54 heavy (non-hydrogen) atoms. The average molecular weight is 694 g/mol. The molecule has 3 nitrogen and oxygen atoms in total. The molecule has 0 aliphatic heterocycles. The zero-order valence-electron chi connectivity index (χ0n) is 30.0. The molecule has 0 unspecified atom stereocenters. The van der Waals surface area contributed by atoms with Crippen LogP contribution in [0.15, 0.2) is 185 Å². The number of fused-ring (bicyclic) bond motifs is 9. The van der Waals surface area contributed by atoms with E-state index in [1.165, 1.54) is 33.4 Å². The maximum atomic E-state index is 6.75. The molecule has 0 spiro atoms. The summed E-state index contributed by atoms with van der Waals surface area (Å²) in [5.41, 5.74) is 16.5. The highest BCUT2D eigenvalue weighted by atomic mass is 16.3. The first-order valence-electron chi connectivity index (χ1n) is 18.6. The largest absolute Gasteiger partial charge is 0.456 e. The highest BCUT2D eigenvalue weighted by molar-refractivity contribution is 6.20. The van der Waals surface area contributed by atoms with Gasteiger partial charge in [-0.25, -0.2) is 0 Å². The molecule has 0 amide bonds. The second kappa shape index (κ2) is 11.6. The van der Waals surface area contributed by atoms with Crippen molar-refractivity contribution in [1.29, 1.82) is 0 Å². The monoisotopic (exact) mass is 693 g/mol. The molecule has 1 aliphatic carbocycles. The molecule has 0 atom stereocenters. The fourth-order valence-electron chi connectivity index (χ4n) is 8.86. The number of furan rings is 2. The second-order valence-corrected chi connectivity index (χ2v) is 14.9. The fraction of sp³-hybridized carbons (Fsp3) is 0.0588. The average Bonchev–Trinajstić information content (AvgIpc) is 3.85. The lowest BCUT2D eigenvalue weighted by atomic mass is 9.82. The summed E-state index contributed by atoms with van der Waals surface area (Å²) in [6.07, 6.45) is 0. The summed E-state index contributed by atoms with van der Waals surface area (Å²) < 4.78 is 13.4. The van der Waals surface area contributed by atoms with Crippen molar-refractivity contribution in [3.8, 4) is 33.4 Å². The molecule has 1 aliphatic rings. The van der Waals surface area contributed by atoms with Gasteiger partial charge in [-0.2, -0.15) is 0 Å². The third-order valence-electron chi connectivity index (χ3n) is 11.5. The highest BCUT2D eigenvalue weighted by Gasteiger charge is 2.36. The van der Waals surface area contributed by atoms with Crippen LogP contribution in [0.5, 0.6) is 0 Å². The Morgan fingerprint density at radius 1 is 0.389 bits per heavy atom. The third-order valence-corrected chi connectivity index (χ3v) is 11.5. The van der Waals surface area contributed by atoms with E-state index in [2.05, 4.69) is 195 Å². The summed E-state index contributed by atoms with van der Waals surface area (Å²) >= 11 is 0. The standard InChI is InChI=1S/C51H35NO2/c1-51(2)42-19-10-9-17-38(42)39-28-27-36(29-43(39)51)52(35-25-23-33(24-26-35)32-13-5-3-6-14-32)44-20-12-22-46-50(44)41-31-47-40(30-48(41)54-46)49-37(18-11-21-45(49)53-47)34-15-7-4-8-16-34/h3-31H,1-2H3. The summed E-state index contributed by atoms with van der Waals surface area (Å²) in [5.74, 6) is 0. The minimum Gasteiger partial charge on any atom is -0.456 e. The van der Waals surface area contributed by atoms with Gasteiger partial charge in [-0.05, 0) is 99.1 Å². The van der Waals surface area contributed by atoms with Gasteiger partial charge in [0.2, 0.25) is 0 Å². The van der Waals surface area contributed by atoms with Gasteiger partial charge in [-0.15, -0.1) is 0 Å². The van der Waals surface area contributed by atoms with E-state index in [9.17, 15) is 0 Å². The van der Waals surface area contributed by atoms with E-state index < -0.39 is 0 Å². The summed E-state index contributed by atoms with van der Waals surface area (Å²) in [6.45, 7) is 4.68. The molecule has 11 rings (SSSR count). The highest BCUT2D eigenvalue weighted by Crippen LogP contribution is 2.52. The first-order chi connectivity index (χ1) is 26.5. The molecule has 0 radical (unpaired) electrons. The number of anilines is 3. The lowest BCUT2D eigenvalue weighted by Crippen LogP contribution is -2.16. The van der Waals surface area contributed by atoms with Crippen molar-refractivity contribution in [1.82, 2.24) is 0 Å². The van der Waals surface area contributed by atoms with Crippen LogP contribution in [0.3, 0.4) is 0 Å². The molecule has 10 aromatic rings. The van der Waals surface area contributed by atoms with Gasteiger partial charge in [0.25, 0.3) is 0 Å². The molecule has 2 heterocycles. The molecule has 0 fully saturated rings. The minimum absolute atomic E-state index is 0.134. The first-order valence-corrected chi connectivity index (χ1v) is 18.6. The van der Waals surface area contributed by atoms with E-state index in [0.29, 0.717) is 0 Å². The maximum absolute atomic E-state index is 6.75. The smallest absolute Gasteiger partial charge is 0.137 e. The lowest BCUT2D eigenvalue weighted by Gasteiger charge is -2.28. The van der Waals surface area contributed by atoms with Gasteiger partial charge < -0.3 is 13.7 Å². The Balaban J connectivity index is 1.14. The van der Waals surface area contributed by atoms with E-state index in [1.807, 2.05) is 0 Å². The quantitative estimate of drug-likeness (QED) is 0.180. The van der Waals surface area contributed by atoms with Crippen LogP contribution < -0.4 is 4.90 Å². The van der Waals surface area contributed by atoms with Crippen molar-refractivity contribution in [2.24, 2.45) is 0 Å². The van der Waals surface area contributed by atoms with E-state index >= 15 is 0 Å². The predicted molar refractivity (Wildman–Crippen MR) is 224 cm³/mol. The summed E-state index contributed by atoms with van der Waals surface area (Å²) in [5, 5.41) is 4.22. The predicted octanol–water partition coefficient (Wildman–Crippen LogP) is 14.6. The molecule has 0 saturated heterocycles. The zero-order valence-corrected chi connectivity index (χ0v) is 30.0. The molecule has 2 aromatic heterocycles. The van der Waals surface area contributed by atoms with Gasteiger partial charge in [0, 0.05) is 32.9 Å². The van der Waals surface area contributed by atoms with Crippen LogP contribution in [0, 0.1) is 0 Å². The van der Waals surface area contributed by atoms with Gasteiger partial charge in [0.15, 0.2) is 0 Å². The van der Waals surface area contributed by atoms with Crippen LogP contribution in [0.25, 0.3) is 77.3 Å². The van der Waals surface area contributed by atoms with E-state index in [0.717, 1.165) is 72.1 Å². The number of rotatable bonds is 5.